The lowest BCUT2D eigenvalue weighted by Gasteiger charge is -2.42. The number of hydrogen-bond acceptors (Lipinski definition) is 9. The van der Waals surface area contributed by atoms with E-state index in [0.29, 0.717) is 22.0 Å². The molecule has 0 radical (unpaired) electrons. The summed E-state index contributed by atoms with van der Waals surface area (Å²) in [4.78, 5) is 25.7. The van der Waals surface area contributed by atoms with Gasteiger partial charge in [0.25, 0.3) is 5.91 Å². The van der Waals surface area contributed by atoms with E-state index in [0.717, 1.165) is 0 Å². The number of nitrogens with zero attached hydrogens (tertiary/aromatic N) is 3. The summed E-state index contributed by atoms with van der Waals surface area (Å²) < 4.78 is 0. The van der Waals surface area contributed by atoms with Crippen LogP contribution in [0.2, 0.25) is 0 Å². The number of aromatic nitrogens is 3. The lowest BCUT2D eigenvalue weighted by Crippen LogP contribution is -2.54. The summed E-state index contributed by atoms with van der Waals surface area (Å²) in [5.74, 6) is -0.787. The minimum atomic E-state index is -1.58. The van der Waals surface area contributed by atoms with Crippen molar-refractivity contribution >= 4 is 28.6 Å². The van der Waals surface area contributed by atoms with Crippen LogP contribution in [0, 0.1) is 0 Å². The van der Waals surface area contributed by atoms with E-state index >= 15 is 0 Å². The number of anilines is 2. The van der Waals surface area contributed by atoms with E-state index in [-0.39, 0.29) is 30.1 Å². The molecule has 9 nitrogen and oxygen atoms in total. The first kappa shape index (κ1) is 21.3. The number of aliphatic hydroxyl groups excluding tert-OH is 2. The predicted octanol–water partition coefficient (Wildman–Crippen LogP) is 1.78. The van der Waals surface area contributed by atoms with Gasteiger partial charge in [0.05, 0.1) is 35.5 Å². The van der Waals surface area contributed by atoms with Crippen LogP contribution in [-0.4, -0.2) is 54.0 Å². The molecule has 0 aliphatic heterocycles. The first-order chi connectivity index (χ1) is 14.8. The average molecular weight is 442 g/mol. The summed E-state index contributed by atoms with van der Waals surface area (Å²) in [6.07, 6.45) is 2.99. The van der Waals surface area contributed by atoms with Crippen LogP contribution in [0.5, 0.6) is 0 Å². The Morgan fingerprint density at radius 2 is 1.97 bits per heavy atom. The molecule has 1 saturated carbocycles. The van der Waals surface area contributed by atoms with Gasteiger partial charge >= 0.3 is 0 Å². The van der Waals surface area contributed by atoms with Gasteiger partial charge in [0.2, 0.25) is 0 Å². The van der Waals surface area contributed by atoms with Crippen molar-refractivity contribution in [2.45, 2.75) is 43.5 Å². The number of thiazole rings is 1. The molecular weight excluding hydrogens is 418 g/mol. The van der Waals surface area contributed by atoms with Gasteiger partial charge in [0, 0.05) is 17.8 Å². The average Bonchev–Trinajstić information content (AvgIpc) is 3.27. The van der Waals surface area contributed by atoms with Crippen LogP contribution in [0.3, 0.4) is 0 Å². The van der Waals surface area contributed by atoms with Crippen molar-refractivity contribution in [2.24, 2.45) is 0 Å². The molecule has 4 atom stereocenters. The maximum Gasteiger partial charge on any atom is 0.276 e. The number of hydrogen-bond donors (Lipinski definition) is 5. The molecule has 4 rings (SSSR count). The van der Waals surface area contributed by atoms with Crippen molar-refractivity contribution in [1.82, 2.24) is 15.0 Å². The van der Waals surface area contributed by atoms with Crippen LogP contribution in [-0.2, 0) is 0 Å². The zero-order valence-electron chi connectivity index (χ0n) is 16.8. The first-order valence-corrected chi connectivity index (χ1v) is 10.7. The number of carbonyl (C=O) groups excluding carboxylic acids is 1. The van der Waals surface area contributed by atoms with Crippen molar-refractivity contribution in [3.05, 3.63) is 53.4 Å². The Morgan fingerprint density at radius 3 is 2.65 bits per heavy atom. The van der Waals surface area contributed by atoms with Gasteiger partial charge < -0.3 is 26.4 Å². The third kappa shape index (κ3) is 4.15. The highest BCUT2D eigenvalue weighted by Gasteiger charge is 2.45. The molecular formula is C21H23N5O4S. The summed E-state index contributed by atoms with van der Waals surface area (Å²) in [6, 6.07) is 5.04. The molecule has 1 aliphatic carbocycles. The highest BCUT2D eigenvalue weighted by Crippen LogP contribution is 2.40. The lowest BCUT2D eigenvalue weighted by molar-refractivity contribution is -0.160. The SMILES string of the molecule is C[C@]1(O)[C@H](O)C[C@H](c2ccncc2NC(=O)c2nc(-c3nccs3)ccc2N)C[C@@H]1O. The van der Waals surface area contributed by atoms with Crippen LogP contribution >= 0.6 is 11.3 Å². The standard InChI is InChI=1S/C21H23N5O4S/c1-21(30)16(27)8-11(9-17(21)28)12-4-5-23-10-15(12)26-19(29)18-13(22)2-3-14(25-18)20-24-6-7-31-20/h2-7,10-11,16-17,27-28,30H,8-9,22H2,1H3,(H,26,29)/t11-,16+,17-,21-. The summed E-state index contributed by atoms with van der Waals surface area (Å²) >= 11 is 1.40. The van der Waals surface area contributed by atoms with Crippen molar-refractivity contribution in [3.63, 3.8) is 0 Å². The minimum absolute atomic E-state index is 0.0640. The number of nitrogens with one attached hydrogen (secondary N) is 1. The summed E-state index contributed by atoms with van der Waals surface area (Å²) in [5.41, 5.74) is 6.38. The fourth-order valence-electron chi connectivity index (χ4n) is 3.76. The number of rotatable bonds is 4. The van der Waals surface area contributed by atoms with Crippen LogP contribution < -0.4 is 11.1 Å². The smallest absolute Gasteiger partial charge is 0.276 e. The molecule has 3 aromatic heterocycles. The monoisotopic (exact) mass is 441 g/mol. The van der Waals surface area contributed by atoms with Gasteiger partial charge in [0.1, 0.15) is 10.6 Å². The molecule has 1 amide bonds. The largest absolute Gasteiger partial charge is 0.397 e. The molecule has 0 bridgehead atoms. The fraction of sp³-hybridized carbons (Fsp3) is 0.333. The molecule has 31 heavy (non-hydrogen) atoms. The molecule has 3 heterocycles. The number of nitrogen functional groups attached to an aromatic ring is 1. The molecule has 1 aliphatic rings. The van der Waals surface area contributed by atoms with E-state index in [1.54, 1.807) is 30.6 Å². The quantitative estimate of drug-likeness (QED) is 0.410. The van der Waals surface area contributed by atoms with Crippen LogP contribution in [0.4, 0.5) is 11.4 Å². The second kappa shape index (κ2) is 8.31. The highest BCUT2D eigenvalue weighted by molar-refractivity contribution is 7.13. The normalized spacial score (nSPS) is 25.9. The Hall–Kier alpha value is -2.92. The van der Waals surface area contributed by atoms with Crippen molar-refractivity contribution in [2.75, 3.05) is 11.1 Å². The topological polar surface area (TPSA) is 154 Å². The van der Waals surface area contributed by atoms with Crippen LogP contribution in [0.25, 0.3) is 10.7 Å². The van der Waals surface area contributed by atoms with Crippen LogP contribution in [0.1, 0.15) is 41.7 Å². The van der Waals surface area contributed by atoms with Gasteiger partial charge in [-0.15, -0.1) is 11.3 Å². The van der Waals surface area contributed by atoms with E-state index in [4.69, 9.17) is 5.73 Å². The summed E-state index contributed by atoms with van der Waals surface area (Å²) in [5, 5.41) is 36.2. The van der Waals surface area contributed by atoms with Gasteiger partial charge in [-0.1, -0.05) is 0 Å². The second-order valence-electron chi connectivity index (χ2n) is 7.81. The number of nitrogens with two attached hydrogens (primary N) is 1. The van der Waals surface area contributed by atoms with E-state index in [2.05, 4.69) is 20.3 Å². The number of aliphatic hydroxyl groups is 3. The van der Waals surface area contributed by atoms with E-state index < -0.39 is 23.7 Å². The maximum absolute atomic E-state index is 13.0. The molecule has 0 aromatic carbocycles. The molecule has 1 fully saturated rings. The molecule has 6 N–H and O–H groups in total. The minimum Gasteiger partial charge on any atom is -0.397 e. The lowest BCUT2D eigenvalue weighted by atomic mass is 9.73. The number of amides is 1. The summed E-state index contributed by atoms with van der Waals surface area (Å²) in [7, 11) is 0. The predicted molar refractivity (Wildman–Crippen MR) is 117 cm³/mol. The number of carbonyl (C=O) groups is 1. The third-order valence-electron chi connectivity index (χ3n) is 5.70. The van der Waals surface area contributed by atoms with Gasteiger partial charge in [-0.05, 0) is 49.4 Å². The Kier molecular flexibility index (Phi) is 5.71. The first-order valence-electron chi connectivity index (χ1n) is 9.77. The Labute approximate surface area is 182 Å². The molecule has 0 spiro atoms. The van der Waals surface area contributed by atoms with Crippen molar-refractivity contribution in [1.29, 1.82) is 0 Å². The molecule has 0 unspecified atom stereocenters. The Bertz CT molecular complexity index is 1080. The number of pyridine rings is 2. The van der Waals surface area contributed by atoms with Gasteiger partial charge in [-0.3, -0.25) is 9.78 Å². The Morgan fingerprint density at radius 1 is 1.23 bits per heavy atom. The molecule has 162 valence electrons. The van der Waals surface area contributed by atoms with Gasteiger partial charge in [-0.25, -0.2) is 9.97 Å². The van der Waals surface area contributed by atoms with Crippen molar-refractivity contribution < 1.29 is 20.1 Å². The Balaban J connectivity index is 1.60. The van der Waals surface area contributed by atoms with E-state index in [1.807, 2.05) is 5.38 Å². The molecule has 10 heteroatoms. The molecule has 3 aromatic rings. The van der Waals surface area contributed by atoms with Gasteiger partial charge in [0.15, 0.2) is 5.69 Å². The highest BCUT2D eigenvalue weighted by atomic mass is 32.1. The van der Waals surface area contributed by atoms with Gasteiger partial charge in [-0.2, -0.15) is 0 Å². The van der Waals surface area contributed by atoms with Crippen molar-refractivity contribution in [3.8, 4) is 10.7 Å². The fourth-order valence-corrected chi connectivity index (χ4v) is 4.36. The van der Waals surface area contributed by atoms with Crippen LogP contribution in [0.15, 0.2) is 42.2 Å². The summed E-state index contributed by atoms with van der Waals surface area (Å²) in [6.45, 7) is 1.41. The second-order valence-corrected chi connectivity index (χ2v) is 8.71. The van der Waals surface area contributed by atoms with E-state index in [9.17, 15) is 20.1 Å². The zero-order chi connectivity index (χ0) is 22.2. The molecule has 0 saturated heterocycles. The zero-order valence-corrected chi connectivity index (χ0v) is 17.6. The third-order valence-corrected chi connectivity index (χ3v) is 6.50. The van der Waals surface area contributed by atoms with E-state index in [1.165, 1.54) is 24.5 Å². The maximum atomic E-state index is 13.0.